The third-order valence-electron chi connectivity index (χ3n) is 3.78. The van der Waals surface area contributed by atoms with Gasteiger partial charge >= 0.3 is 6.09 Å². The summed E-state index contributed by atoms with van der Waals surface area (Å²) < 4.78 is 5.25. The Morgan fingerprint density at radius 1 is 0.944 bits per heavy atom. The zero-order valence-electron chi connectivity index (χ0n) is 10.9. The Bertz CT molecular complexity index is 323. The molecule has 18 heavy (non-hydrogen) atoms. The Morgan fingerprint density at radius 2 is 1.56 bits per heavy atom. The monoisotopic (exact) mass is 250 g/mol. The van der Waals surface area contributed by atoms with Crippen molar-refractivity contribution in [2.75, 3.05) is 0 Å². The van der Waals surface area contributed by atoms with Crippen LogP contribution in [0, 0.1) is 0 Å². The van der Waals surface area contributed by atoms with Crippen molar-refractivity contribution in [3.8, 4) is 0 Å². The SMILES string of the molecule is O=C(N=C=NC1CCCCC1)OC1CCCCC1. The Balaban J connectivity index is 1.73. The third-order valence-corrected chi connectivity index (χ3v) is 3.78. The molecule has 2 aliphatic rings. The fraction of sp³-hybridized carbons (Fsp3) is 0.857. The first kappa shape index (κ1) is 13.3. The van der Waals surface area contributed by atoms with Gasteiger partial charge in [0.25, 0.3) is 0 Å². The lowest BCUT2D eigenvalue weighted by Crippen LogP contribution is -2.18. The quantitative estimate of drug-likeness (QED) is 0.696. The Morgan fingerprint density at radius 3 is 2.22 bits per heavy atom. The molecule has 2 saturated carbocycles. The Hall–Kier alpha value is -1.15. The first-order valence-corrected chi connectivity index (χ1v) is 7.21. The van der Waals surface area contributed by atoms with Crippen LogP contribution in [0.3, 0.4) is 0 Å². The summed E-state index contributed by atoms with van der Waals surface area (Å²) in [6, 6.07) is 2.83. The third kappa shape index (κ3) is 4.61. The number of nitrogens with zero attached hydrogens (tertiary/aromatic N) is 2. The van der Waals surface area contributed by atoms with E-state index in [0.29, 0.717) is 6.04 Å². The number of amides is 1. The maximum atomic E-state index is 11.4. The molecule has 100 valence electrons. The van der Waals surface area contributed by atoms with E-state index >= 15 is 0 Å². The summed E-state index contributed by atoms with van der Waals surface area (Å²) >= 11 is 0. The molecule has 0 radical (unpaired) electrons. The molecule has 0 spiro atoms. The van der Waals surface area contributed by atoms with Crippen molar-refractivity contribution in [3.05, 3.63) is 0 Å². The first-order valence-electron chi connectivity index (χ1n) is 7.21. The second-order valence-corrected chi connectivity index (χ2v) is 5.28. The van der Waals surface area contributed by atoms with Crippen LogP contribution in [-0.2, 0) is 4.74 Å². The highest BCUT2D eigenvalue weighted by atomic mass is 16.6. The van der Waals surface area contributed by atoms with Crippen molar-refractivity contribution in [2.45, 2.75) is 76.4 Å². The normalized spacial score (nSPS) is 22.0. The highest BCUT2D eigenvalue weighted by Gasteiger charge is 2.17. The van der Waals surface area contributed by atoms with Gasteiger partial charge in [0.1, 0.15) is 12.1 Å². The zero-order valence-corrected chi connectivity index (χ0v) is 10.9. The standard InChI is InChI=1S/C14H22N2O2/c17-14(18-13-9-5-2-6-10-13)16-11-15-12-7-3-1-4-8-12/h12-13H,1-10H2. The van der Waals surface area contributed by atoms with Crippen molar-refractivity contribution in [3.63, 3.8) is 0 Å². The molecule has 0 atom stereocenters. The number of carbonyl (C=O) groups excluding carboxylic acids is 1. The van der Waals surface area contributed by atoms with Gasteiger partial charge in [-0.1, -0.05) is 25.7 Å². The fourth-order valence-electron chi connectivity index (χ4n) is 2.71. The molecule has 4 nitrogen and oxygen atoms in total. The van der Waals surface area contributed by atoms with Crippen LogP contribution < -0.4 is 0 Å². The van der Waals surface area contributed by atoms with Crippen molar-refractivity contribution >= 4 is 12.1 Å². The smallest absolute Gasteiger partial charge is 0.443 e. The summed E-state index contributed by atoms with van der Waals surface area (Å²) in [5, 5.41) is 0. The number of hydrogen-bond donors (Lipinski definition) is 0. The fourth-order valence-corrected chi connectivity index (χ4v) is 2.71. The van der Waals surface area contributed by atoms with Crippen LogP contribution in [0.2, 0.25) is 0 Å². The Labute approximate surface area is 109 Å². The molecule has 0 aromatic heterocycles. The summed E-state index contributed by atoms with van der Waals surface area (Å²) in [5.74, 6) is 0. The second kappa shape index (κ2) is 7.32. The van der Waals surface area contributed by atoms with Gasteiger partial charge < -0.3 is 4.74 Å². The average molecular weight is 250 g/mol. The van der Waals surface area contributed by atoms with Crippen molar-refractivity contribution in [1.29, 1.82) is 0 Å². The highest BCUT2D eigenvalue weighted by molar-refractivity contribution is 5.75. The van der Waals surface area contributed by atoms with Gasteiger partial charge in [0.2, 0.25) is 0 Å². The van der Waals surface area contributed by atoms with Gasteiger partial charge in [-0.15, -0.1) is 4.99 Å². The van der Waals surface area contributed by atoms with Crippen LogP contribution in [-0.4, -0.2) is 24.2 Å². The minimum absolute atomic E-state index is 0.0616. The maximum absolute atomic E-state index is 11.4. The minimum atomic E-state index is -0.526. The van der Waals surface area contributed by atoms with Gasteiger partial charge in [-0.25, -0.2) is 9.79 Å². The molecule has 0 heterocycles. The molecule has 0 saturated heterocycles. The number of carbonyl (C=O) groups is 1. The number of rotatable bonds is 2. The molecule has 0 unspecified atom stereocenters. The van der Waals surface area contributed by atoms with Crippen molar-refractivity contribution in [1.82, 2.24) is 0 Å². The molecule has 0 bridgehead atoms. The number of hydrogen-bond acceptors (Lipinski definition) is 3. The maximum Gasteiger partial charge on any atom is 0.443 e. The van der Waals surface area contributed by atoms with Gasteiger partial charge in [0, 0.05) is 0 Å². The van der Waals surface area contributed by atoms with Gasteiger partial charge in [0.05, 0.1) is 6.04 Å². The minimum Gasteiger partial charge on any atom is -0.444 e. The summed E-state index contributed by atoms with van der Waals surface area (Å²) in [4.78, 5) is 19.3. The van der Waals surface area contributed by atoms with Crippen molar-refractivity contribution < 1.29 is 9.53 Å². The molecule has 0 aliphatic heterocycles. The molecule has 1 amide bonds. The predicted octanol–water partition coefficient (Wildman–Crippen LogP) is 3.96. The molecule has 0 N–H and O–H groups in total. The van der Waals surface area contributed by atoms with E-state index in [1.165, 1.54) is 25.7 Å². The zero-order chi connectivity index (χ0) is 12.6. The summed E-state index contributed by atoms with van der Waals surface area (Å²) in [6.07, 6.45) is 11.0. The lowest BCUT2D eigenvalue weighted by atomic mass is 9.96. The van der Waals surface area contributed by atoms with E-state index in [0.717, 1.165) is 38.5 Å². The topological polar surface area (TPSA) is 51.0 Å². The molecule has 2 fully saturated rings. The largest absolute Gasteiger partial charge is 0.444 e. The van der Waals surface area contributed by atoms with E-state index in [4.69, 9.17) is 4.74 Å². The van der Waals surface area contributed by atoms with Crippen LogP contribution in [0.25, 0.3) is 0 Å². The molecule has 2 aliphatic carbocycles. The van der Waals surface area contributed by atoms with Gasteiger partial charge in [-0.05, 0) is 38.5 Å². The van der Waals surface area contributed by atoms with E-state index in [1.54, 1.807) is 0 Å². The predicted molar refractivity (Wildman–Crippen MR) is 70.1 cm³/mol. The van der Waals surface area contributed by atoms with Gasteiger partial charge in [0.15, 0.2) is 0 Å². The molecule has 0 aromatic rings. The lowest BCUT2D eigenvalue weighted by molar-refractivity contribution is 0.0834. The van der Waals surface area contributed by atoms with E-state index in [-0.39, 0.29) is 6.10 Å². The van der Waals surface area contributed by atoms with E-state index < -0.39 is 6.09 Å². The Kier molecular flexibility index (Phi) is 5.40. The van der Waals surface area contributed by atoms with Crippen molar-refractivity contribution in [2.24, 2.45) is 9.98 Å². The molecule has 2 rings (SSSR count). The highest BCUT2D eigenvalue weighted by Crippen LogP contribution is 2.21. The van der Waals surface area contributed by atoms with Crippen LogP contribution >= 0.6 is 0 Å². The van der Waals surface area contributed by atoms with Crippen LogP contribution in [0.4, 0.5) is 4.79 Å². The van der Waals surface area contributed by atoms with E-state index in [9.17, 15) is 4.79 Å². The van der Waals surface area contributed by atoms with Gasteiger partial charge in [-0.3, -0.25) is 0 Å². The number of ether oxygens (including phenoxy) is 1. The van der Waals surface area contributed by atoms with E-state index in [2.05, 4.69) is 16.0 Å². The molecular formula is C14H22N2O2. The van der Waals surface area contributed by atoms with Crippen LogP contribution in [0.15, 0.2) is 9.98 Å². The lowest BCUT2D eigenvalue weighted by Gasteiger charge is -2.20. The molecule has 0 aromatic carbocycles. The van der Waals surface area contributed by atoms with Crippen LogP contribution in [0.1, 0.15) is 64.2 Å². The van der Waals surface area contributed by atoms with E-state index in [1.807, 2.05) is 0 Å². The molecule has 4 heteroatoms. The first-order chi connectivity index (χ1) is 8.84. The van der Waals surface area contributed by atoms with Crippen LogP contribution in [0.5, 0.6) is 0 Å². The summed E-state index contributed by atoms with van der Waals surface area (Å²) in [5.41, 5.74) is 0. The summed E-state index contributed by atoms with van der Waals surface area (Å²) in [6.45, 7) is 0. The molecular weight excluding hydrogens is 228 g/mol. The number of aliphatic imine (C=N–C) groups is 2. The second-order valence-electron chi connectivity index (χ2n) is 5.28. The van der Waals surface area contributed by atoms with Gasteiger partial charge in [-0.2, -0.15) is 0 Å². The summed E-state index contributed by atoms with van der Waals surface area (Å²) in [7, 11) is 0. The average Bonchev–Trinajstić information content (AvgIpc) is 2.41.